The summed E-state index contributed by atoms with van der Waals surface area (Å²) in [7, 11) is 1.63. The first-order valence-electron chi connectivity index (χ1n) is 6.45. The fourth-order valence-electron chi connectivity index (χ4n) is 1.72. The van der Waals surface area contributed by atoms with E-state index in [1.165, 1.54) is 17.4 Å². The Kier molecular flexibility index (Phi) is 6.22. The molecule has 0 saturated heterocycles. The molecule has 0 radical (unpaired) electrons. The molecule has 0 aliphatic heterocycles. The van der Waals surface area contributed by atoms with E-state index in [2.05, 4.69) is 10.3 Å². The predicted molar refractivity (Wildman–Crippen MR) is 82.8 cm³/mol. The van der Waals surface area contributed by atoms with E-state index in [0.29, 0.717) is 35.7 Å². The lowest BCUT2D eigenvalue weighted by Crippen LogP contribution is -2.06. The van der Waals surface area contributed by atoms with Crippen LogP contribution in [-0.2, 0) is 11.3 Å². The van der Waals surface area contributed by atoms with E-state index >= 15 is 0 Å². The van der Waals surface area contributed by atoms with Gasteiger partial charge in [0.2, 0.25) is 0 Å². The van der Waals surface area contributed by atoms with Crippen molar-refractivity contribution >= 4 is 28.6 Å². The number of aromatic nitrogens is 1. The molecule has 7 heteroatoms. The zero-order valence-corrected chi connectivity index (χ0v) is 13.1. The number of methoxy groups -OCH3 is 1. The number of anilines is 1. The molecule has 114 valence electrons. The molecule has 2 aromatic rings. The van der Waals surface area contributed by atoms with Crippen LogP contribution in [0.5, 0.6) is 5.75 Å². The van der Waals surface area contributed by atoms with Gasteiger partial charge < -0.3 is 14.8 Å². The van der Waals surface area contributed by atoms with Gasteiger partial charge >= 0.3 is 0 Å². The Bertz CT molecular complexity index is 580. The van der Waals surface area contributed by atoms with Crippen molar-refractivity contribution in [3.8, 4) is 5.75 Å². The van der Waals surface area contributed by atoms with E-state index < -0.39 is 0 Å². The molecule has 0 amide bonds. The molecular weight excluding hydrogens is 315 g/mol. The summed E-state index contributed by atoms with van der Waals surface area (Å²) in [5, 5.41) is 3.03. The summed E-state index contributed by atoms with van der Waals surface area (Å²) in [6, 6.07) is 4.75. The van der Waals surface area contributed by atoms with E-state index in [1.54, 1.807) is 25.4 Å². The topological polar surface area (TPSA) is 43.4 Å². The van der Waals surface area contributed by atoms with Crippen molar-refractivity contribution in [1.29, 1.82) is 0 Å². The molecule has 0 bridgehead atoms. The molecule has 1 heterocycles. The Balaban J connectivity index is 1.99. The number of nitrogens with zero attached hydrogens (tertiary/aromatic N) is 1. The van der Waals surface area contributed by atoms with Crippen LogP contribution < -0.4 is 10.1 Å². The van der Waals surface area contributed by atoms with E-state index in [9.17, 15) is 4.39 Å². The minimum atomic E-state index is -0.352. The maximum atomic E-state index is 13.9. The highest BCUT2D eigenvalue weighted by Gasteiger charge is 2.10. The van der Waals surface area contributed by atoms with Crippen LogP contribution >= 0.6 is 22.9 Å². The Labute approximate surface area is 131 Å². The van der Waals surface area contributed by atoms with Crippen LogP contribution in [0, 0.1) is 5.82 Å². The van der Waals surface area contributed by atoms with Crippen molar-refractivity contribution in [3.05, 3.63) is 39.6 Å². The average Bonchev–Trinajstić information content (AvgIpc) is 2.88. The highest BCUT2D eigenvalue weighted by molar-refractivity contribution is 7.15. The fraction of sp³-hybridized carbons (Fsp3) is 0.357. The number of hydrogen-bond acceptors (Lipinski definition) is 5. The molecule has 1 N–H and O–H groups in total. The molecule has 0 spiro atoms. The predicted octanol–water partition coefficient (Wildman–Crippen LogP) is 3.96. The molecule has 0 aliphatic carbocycles. The fourth-order valence-corrected chi connectivity index (χ4v) is 2.64. The number of para-hydroxylation sites is 1. The van der Waals surface area contributed by atoms with Gasteiger partial charge in [-0.15, -0.1) is 11.3 Å². The molecule has 0 atom stereocenters. The van der Waals surface area contributed by atoms with Gasteiger partial charge in [0.1, 0.15) is 17.3 Å². The lowest BCUT2D eigenvalue weighted by molar-refractivity contribution is 0.172. The van der Waals surface area contributed by atoms with Crippen LogP contribution in [0.3, 0.4) is 0 Å². The van der Waals surface area contributed by atoms with E-state index in [1.807, 2.05) is 0 Å². The number of rotatable bonds is 8. The smallest absolute Gasteiger partial charge is 0.183 e. The number of ether oxygens (including phenoxy) is 2. The van der Waals surface area contributed by atoms with Crippen molar-refractivity contribution in [2.24, 2.45) is 0 Å². The highest BCUT2D eigenvalue weighted by Crippen LogP contribution is 2.29. The quantitative estimate of drug-likeness (QED) is 0.744. The SMILES string of the molecule is COCCCOc1cccc(F)c1NCc1cnc(Cl)s1. The third-order valence-corrected chi connectivity index (χ3v) is 3.81. The molecule has 0 aliphatic rings. The molecule has 0 saturated carbocycles. The van der Waals surface area contributed by atoms with Gasteiger partial charge in [-0.1, -0.05) is 17.7 Å². The number of halogens is 2. The van der Waals surface area contributed by atoms with Crippen LogP contribution in [0.1, 0.15) is 11.3 Å². The summed E-state index contributed by atoms with van der Waals surface area (Å²) < 4.78 is 24.9. The zero-order chi connectivity index (χ0) is 15.1. The largest absolute Gasteiger partial charge is 0.491 e. The summed E-state index contributed by atoms with van der Waals surface area (Å²) in [4.78, 5) is 4.87. The number of hydrogen-bond donors (Lipinski definition) is 1. The second-order valence-corrected chi connectivity index (χ2v) is 5.94. The van der Waals surface area contributed by atoms with Gasteiger partial charge in [-0.2, -0.15) is 0 Å². The third kappa shape index (κ3) is 4.84. The van der Waals surface area contributed by atoms with Gasteiger partial charge in [-0.05, 0) is 12.1 Å². The molecule has 0 unspecified atom stereocenters. The first-order valence-corrected chi connectivity index (χ1v) is 7.64. The second-order valence-electron chi connectivity index (χ2n) is 4.24. The van der Waals surface area contributed by atoms with Crippen molar-refractivity contribution in [3.63, 3.8) is 0 Å². The Morgan fingerprint density at radius 1 is 1.38 bits per heavy atom. The van der Waals surface area contributed by atoms with E-state index in [0.717, 1.165) is 11.3 Å². The summed E-state index contributed by atoms with van der Waals surface area (Å²) >= 11 is 7.13. The maximum Gasteiger partial charge on any atom is 0.183 e. The summed E-state index contributed by atoms with van der Waals surface area (Å²) in [6.07, 6.45) is 2.41. The normalized spacial score (nSPS) is 10.6. The van der Waals surface area contributed by atoms with Crippen molar-refractivity contribution in [2.75, 3.05) is 25.6 Å². The van der Waals surface area contributed by atoms with Crippen LogP contribution in [0.4, 0.5) is 10.1 Å². The molecule has 1 aromatic heterocycles. The molecule has 4 nitrogen and oxygen atoms in total. The zero-order valence-electron chi connectivity index (χ0n) is 11.6. The summed E-state index contributed by atoms with van der Waals surface area (Å²) in [5.74, 6) is 0.136. The average molecular weight is 331 g/mol. The molecule has 1 aromatic carbocycles. The number of benzene rings is 1. The Hall–Kier alpha value is -1.37. The minimum absolute atomic E-state index is 0.347. The van der Waals surface area contributed by atoms with Gasteiger partial charge in [-0.25, -0.2) is 9.37 Å². The van der Waals surface area contributed by atoms with Crippen LogP contribution in [0.15, 0.2) is 24.4 Å². The van der Waals surface area contributed by atoms with Crippen LogP contribution in [-0.4, -0.2) is 25.3 Å². The number of thiazole rings is 1. The standard InChI is InChI=1S/C14H16ClFN2O2S/c1-19-6-3-7-20-12-5-2-4-11(16)13(12)17-8-10-9-18-14(15)21-10/h2,4-5,9,17H,3,6-8H2,1H3. The van der Waals surface area contributed by atoms with E-state index in [4.69, 9.17) is 21.1 Å². The minimum Gasteiger partial charge on any atom is -0.491 e. The summed E-state index contributed by atoms with van der Waals surface area (Å²) in [6.45, 7) is 1.52. The van der Waals surface area contributed by atoms with Gasteiger partial charge in [-0.3, -0.25) is 0 Å². The Morgan fingerprint density at radius 3 is 2.95 bits per heavy atom. The van der Waals surface area contributed by atoms with Crippen molar-refractivity contribution in [2.45, 2.75) is 13.0 Å². The van der Waals surface area contributed by atoms with Crippen molar-refractivity contribution < 1.29 is 13.9 Å². The van der Waals surface area contributed by atoms with Crippen LogP contribution in [0.2, 0.25) is 4.47 Å². The lowest BCUT2D eigenvalue weighted by atomic mass is 10.2. The third-order valence-electron chi connectivity index (χ3n) is 2.69. The van der Waals surface area contributed by atoms with Gasteiger partial charge in [0, 0.05) is 31.2 Å². The van der Waals surface area contributed by atoms with Gasteiger partial charge in [0.05, 0.1) is 13.2 Å². The van der Waals surface area contributed by atoms with Crippen LogP contribution in [0.25, 0.3) is 0 Å². The first kappa shape index (κ1) is 16.0. The second kappa shape index (κ2) is 8.17. The number of nitrogens with one attached hydrogen (secondary N) is 1. The van der Waals surface area contributed by atoms with Crippen molar-refractivity contribution in [1.82, 2.24) is 4.98 Å². The monoisotopic (exact) mass is 330 g/mol. The summed E-state index contributed by atoms with van der Waals surface area (Å²) in [5.41, 5.74) is 0.347. The molecular formula is C14H16ClFN2O2S. The molecule has 0 fully saturated rings. The highest BCUT2D eigenvalue weighted by atomic mass is 35.5. The van der Waals surface area contributed by atoms with E-state index in [-0.39, 0.29) is 5.82 Å². The lowest BCUT2D eigenvalue weighted by Gasteiger charge is -2.13. The Morgan fingerprint density at radius 2 is 2.24 bits per heavy atom. The molecule has 2 rings (SSSR count). The van der Waals surface area contributed by atoms with Gasteiger partial charge in [0.15, 0.2) is 4.47 Å². The molecule has 21 heavy (non-hydrogen) atoms. The maximum absolute atomic E-state index is 13.9. The van der Waals surface area contributed by atoms with Gasteiger partial charge in [0.25, 0.3) is 0 Å². The first-order chi connectivity index (χ1) is 10.2.